The number of aryl methyl sites for hydroxylation is 2. The van der Waals surface area contributed by atoms with E-state index in [1.165, 1.54) is 0 Å². The number of nitrogens with zero attached hydrogens (tertiary/aromatic N) is 3. The average Bonchev–Trinajstić information content (AvgIpc) is 2.86. The minimum Gasteiger partial charge on any atom is -0.333 e. The summed E-state index contributed by atoms with van der Waals surface area (Å²) in [6.07, 6.45) is 3.64. The van der Waals surface area contributed by atoms with Crippen LogP contribution in [0.2, 0.25) is 5.02 Å². The molecule has 0 radical (unpaired) electrons. The monoisotopic (exact) mass is 325 g/mol. The highest BCUT2D eigenvalue weighted by Crippen LogP contribution is 2.18. The molecule has 0 unspecified atom stereocenters. The number of benzene rings is 1. The number of rotatable bonds is 5. The molecule has 0 aliphatic carbocycles. The Kier molecular flexibility index (Phi) is 5.26. The Morgan fingerprint density at radius 1 is 1.33 bits per heavy atom. The van der Waals surface area contributed by atoms with E-state index in [0.717, 1.165) is 21.7 Å². The second kappa shape index (κ2) is 6.96. The van der Waals surface area contributed by atoms with Crippen LogP contribution in [0.1, 0.15) is 16.7 Å². The number of aromatic nitrogens is 2. The molecule has 112 valence electrons. The molecule has 0 spiro atoms. The molecule has 0 bridgehead atoms. The van der Waals surface area contributed by atoms with Gasteiger partial charge >= 0.3 is 0 Å². The highest BCUT2D eigenvalue weighted by atomic mass is 35.5. The Balaban J connectivity index is 2.16. The number of halogens is 2. The van der Waals surface area contributed by atoms with E-state index in [1.54, 1.807) is 15.8 Å². The fraction of sp³-hybridized carbons (Fsp3) is 0.333. The smallest absolute Gasteiger partial charge is 0.238 e. The van der Waals surface area contributed by atoms with Crippen LogP contribution in [0.15, 0.2) is 30.6 Å². The van der Waals surface area contributed by atoms with Crippen LogP contribution in [0.3, 0.4) is 0 Å². The molecule has 0 aliphatic rings. The molecule has 1 amide bonds. The number of carbonyl (C=O) groups is 1. The lowest BCUT2D eigenvalue weighted by Crippen LogP contribution is -2.30. The molecule has 2 rings (SSSR count). The fourth-order valence-electron chi connectivity index (χ4n) is 2.12. The van der Waals surface area contributed by atoms with Crippen LogP contribution in [-0.2, 0) is 24.9 Å². The standard InChI is InChI=1S/C15H17Cl2N3O/c1-11-5-12(3-4-14(11)17)9-20(15(21)6-16)10-13-7-18-19(2)8-13/h3-5,7-8H,6,9-10H2,1-2H3. The predicted octanol–water partition coefficient (Wildman–Crippen LogP) is 3.15. The van der Waals surface area contributed by atoms with Gasteiger partial charge in [-0.2, -0.15) is 5.10 Å². The maximum atomic E-state index is 12.0. The van der Waals surface area contributed by atoms with Gasteiger partial charge < -0.3 is 4.90 Å². The van der Waals surface area contributed by atoms with Crippen LogP contribution >= 0.6 is 23.2 Å². The molecular formula is C15H17Cl2N3O. The zero-order valence-electron chi connectivity index (χ0n) is 12.0. The lowest BCUT2D eigenvalue weighted by Gasteiger charge is -2.21. The van der Waals surface area contributed by atoms with Crippen molar-refractivity contribution in [1.29, 1.82) is 0 Å². The first-order chi connectivity index (χ1) is 9.99. The van der Waals surface area contributed by atoms with Gasteiger partial charge in [-0.15, -0.1) is 11.6 Å². The van der Waals surface area contributed by atoms with E-state index in [0.29, 0.717) is 13.1 Å². The molecule has 0 saturated heterocycles. The van der Waals surface area contributed by atoms with Crippen molar-refractivity contribution in [2.24, 2.45) is 7.05 Å². The Hall–Kier alpha value is -1.52. The van der Waals surface area contributed by atoms with Crippen LogP contribution in [0.4, 0.5) is 0 Å². The van der Waals surface area contributed by atoms with E-state index >= 15 is 0 Å². The molecular weight excluding hydrogens is 309 g/mol. The molecule has 0 N–H and O–H groups in total. The highest BCUT2D eigenvalue weighted by Gasteiger charge is 2.14. The van der Waals surface area contributed by atoms with Crippen molar-refractivity contribution in [3.05, 3.63) is 52.3 Å². The molecule has 0 aliphatic heterocycles. The molecule has 0 saturated carbocycles. The Bertz CT molecular complexity index is 640. The van der Waals surface area contributed by atoms with Gasteiger partial charge in [0.1, 0.15) is 5.88 Å². The number of amides is 1. The largest absolute Gasteiger partial charge is 0.333 e. The van der Waals surface area contributed by atoms with E-state index in [4.69, 9.17) is 23.2 Å². The molecule has 6 heteroatoms. The van der Waals surface area contributed by atoms with Crippen LogP contribution in [0.25, 0.3) is 0 Å². The molecule has 1 aromatic carbocycles. The van der Waals surface area contributed by atoms with Gasteiger partial charge in [-0.25, -0.2) is 0 Å². The first kappa shape index (κ1) is 15.9. The predicted molar refractivity (Wildman–Crippen MR) is 84.4 cm³/mol. The summed E-state index contributed by atoms with van der Waals surface area (Å²) in [6, 6.07) is 5.76. The van der Waals surface area contributed by atoms with Gasteiger partial charge in [0, 0.05) is 36.9 Å². The van der Waals surface area contributed by atoms with Crippen molar-refractivity contribution >= 4 is 29.1 Å². The molecule has 1 heterocycles. The van der Waals surface area contributed by atoms with Crippen LogP contribution < -0.4 is 0 Å². The lowest BCUT2D eigenvalue weighted by atomic mass is 10.1. The Labute approximate surface area is 134 Å². The molecule has 2 aromatic rings. The summed E-state index contributed by atoms with van der Waals surface area (Å²) in [6.45, 7) is 2.93. The number of alkyl halides is 1. The maximum Gasteiger partial charge on any atom is 0.238 e. The third-order valence-electron chi connectivity index (χ3n) is 3.19. The first-order valence-corrected chi connectivity index (χ1v) is 7.47. The second-order valence-corrected chi connectivity index (χ2v) is 5.66. The topological polar surface area (TPSA) is 38.1 Å². The van der Waals surface area contributed by atoms with Gasteiger partial charge in [0.15, 0.2) is 0 Å². The third-order valence-corrected chi connectivity index (χ3v) is 3.85. The quantitative estimate of drug-likeness (QED) is 0.792. The summed E-state index contributed by atoms with van der Waals surface area (Å²) >= 11 is 11.7. The average molecular weight is 326 g/mol. The van der Waals surface area contributed by atoms with Crippen molar-refractivity contribution in [3.63, 3.8) is 0 Å². The summed E-state index contributed by atoms with van der Waals surface area (Å²) in [5.41, 5.74) is 3.00. The Morgan fingerprint density at radius 2 is 2.05 bits per heavy atom. The SMILES string of the molecule is Cc1cc(CN(Cc2cnn(C)c2)C(=O)CCl)ccc1Cl. The summed E-state index contributed by atoms with van der Waals surface area (Å²) < 4.78 is 1.71. The first-order valence-electron chi connectivity index (χ1n) is 6.56. The second-order valence-electron chi connectivity index (χ2n) is 4.99. The Morgan fingerprint density at radius 3 is 2.62 bits per heavy atom. The zero-order chi connectivity index (χ0) is 15.4. The van der Waals surface area contributed by atoms with E-state index in [2.05, 4.69) is 5.10 Å². The van der Waals surface area contributed by atoms with Gasteiger partial charge in [-0.3, -0.25) is 9.48 Å². The van der Waals surface area contributed by atoms with Gasteiger partial charge in [-0.1, -0.05) is 23.7 Å². The lowest BCUT2D eigenvalue weighted by molar-refractivity contribution is -0.129. The number of carbonyl (C=O) groups excluding carboxylic acids is 1. The van der Waals surface area contributed by atoms with E-state index in [9.17, 15) is 4.79 Å². The van der Waals surface area contributed by atoms with Gasteiger partial charge in [0.2, 0.25) is 5.91 Å². The molecule has 1 aromatic heterocycles. The number of hydrogen-bond donors (Lipinski definition) is 0. The van der Waals surface area contributed by atoms with Crippen molar-refractivity contribution in [3.8, 4) is 0 Å². The number of hydrogen-bond acceptors (Lipinski definition) is 2. The van der Waals surface area contributed by atoms with Gasteiger partial charge in [0.25, 0.3) is 0 Å². The normalized spacial score (nSPS) is 10.7. The van der Waals surface area contributed by atoms with Crippen molar-refractivity contribution in [2.45, 2.75) is 20.0 Å². The van der Waals surface area contributed by atoms with Crippen molar-refractivity contribution in [1.82, 2.24) is 14.7 Å². The van der Waals surface area contributed by atoms with Gasteiger partial charge in [0.05, 0.1) is 6.20 Å². The highest BCUT2D eigenvalue weighted by molar-refractivity contribution is 6.31. The summed E-state index contributed by atoms with van der Waals surface area (Å²) in [7, 11) is 1.85. The van der Waals surface area contributed by atoms with Gasteiger partial charge in [-0.05, 0) is 24.1 Å². The van der Waals surface area contributed by atoms with Crippen LogP contribution in [0, 0.1) is 6.92 Å². The molecule has 0 atom stereocenters. The maximum absolute atomic E-state index is 12.0. The van der Waals surface area contributed by atoms with Crippen LogP contribution in [0.5, 0.6) is 0 Å². The summed E-state index contributed by atoms with van der Waals surface area (Å²) in [4.78, 5) is 13.7. The summed E-state index contributed by atoms with van der Waals surface area (Å²) in [5.74, 6) is -0.138. The van der Waals surface area contributed by atoms with Crippen molar-refractivity contribution < 1.29 is 4.79 Å². The van der Waals surface area contributed by atoms with Crippen LogP contribution in [-0.4, -0.2) is 26.5 Å². The molecule has 4 nitrogen and oxygen atoms in total. The van der Waals surface area contributed by atoms with E-state index < -0.39 is 0 Å². The zero-order valence-corrected chi connectivity index (χ0v) is 13.5. The minimum atomic E-state index is -0.104. The third kappa shape index (κ3) is 4.22. The summed E-state index contributed by atoms with van der Waals surface area (Å²) in [5, 5.41) is 4.84. The molecule has 0 fully saturated rings. The van der Waals surface area contributed by atoms with E-state index in [-0.39, 0.29) is 11.8 Å². The molecule has 21 heavy (non-hydrogen) atoms. The van der Waals surface area contributed by atoms with E-state index in [1.807, 2.05) is 38.4 Å². The minimum absolute atomic E-state index is 0.0349. The van der Waals surface area contributed by atoms with Crippen molar-refractivity contribution in [2.75, 3.05) is 5.88 Å². The fourth-order valence-corrected chi connectivity index (χ4v) is 2.40.